The molecule has 1 amide bonds. The van der Waals surface area contributed by atoms with Gasteiger partial charge in [0.1, 0.15) is 0 Å². The fourth-order valence-electron chi connectivity index (χ4n) is 1.61. The molecule has 2 aliphatic carbocycles. The summed E-state index contributed by atoms with van der Waals surface area (Å²) in [5.41, 5.74) is -0.676. The summed E-state index contributed by atoms with van der Waals surface area (Å²) in [7, 11) is 0. The number of hydrogen-bond acceptors (Lipinski definition) is 2. The molecule has 2 saturated carbocycles. The lowest BCUT2D eigenvalue weighted by Gasteiger charge is -2.23. The van der Waals surface area contributed by atoms with Crippen LogP contribution in [0, 0.1) is 11.8 Å². The average Bonchev–Trinajstić information content (AvgIpc) is 2.89. The van der Waals surface area contributed by atoms with Gasteiger partial charge in [0.05, 0.1) is 5.60 Å². The summed E-state index contributed by atoms with van der Waals surface area (Å²) in [6.07, 6.45) is 4.26. The number of carbonyl (C=O) groups is 1. The van der Waals surface area contributed by atoms with E-state index in [9.17, 15) is 9.90 Å². The Morgan fingerprint density at radius 1 is 1.46 bits per heavy atom. The van der Waals surface area contributed by atoms with Gasteiger partial charge in [-0.3, -0.25) is 4.79 Å². The standard InChI is InChI=1S/C10H17NO2/c1-10(13,8-4-5-8)6-11-9(12)7-2-3-7/h7-8,13H,2-6H2,1H3,(H,11,12)/t10-/m0/s1. The van der Waals surface area contributed by atoms with Crippen LogP contribution in [0.4, 0.5) is 0 Å². The van der Waals surface area contributed by atoms with Crippen molar-refractivity contribution in [2.45, 2.75) is 38.2 Å². The van der Waals surface area contributed by atoms with Crippen LogP contribution >= 0.6 is 0 Å². The molecular formula is C10H17NO2. The minimum absolute atomic E-state index is 0.126. The number of rotatable bonds is 4. The van der Waals surface area contributed by atoms with Gasteiger partial charge in [0.2, 0.25) is 5.91 Å². The first kappa shape index (κ1) is 9.00. The third kappa shape index (κ3) is 2.21. The third-order valence-electron chi connectivity index (χ3n) is 3.03. The number of carbonyl (C=O) groups excluding carboxylic acids is 1. The Morgan fingerprint density at radius 3 is 2.54 bits per heavy atom. The molecule has 0 radical (unpaired) electrons. The van der Waals surface area contributed by atoms with Gasteiger partial charge in [0.25, 0.3) is 0 Å². The van der Waals surface area contributed by atoms with E-state index < -0.39 is 5.60 Å². The summed E-state index contributed by atoms with van der Waals surface area (Å²) in [5.74, 6) is 0.780. The Hall–Kier alpha value is -0.570. The molecule has 0 aromatic heterocycles. The quantitative estimate of drug-likeness (QED) is 0.673. The van der Waals surface area contributed by atoms with E-state index in [-0.39, 0.29) is 11.8 Å². The summed E-state index contributed by atoms with van der Waals surface area (Å²) >= 11 is 0. The first-order valence-electron chi connectivity index (χ1n) is 5.10. The fourth-order valence-corrected chi connectivity index (χ4v) is 1.61. The van der Waals surface area contributed by atoms with Crippen molar-refractivity contribution in [1.29, 1.82) is 0 Å². The largest absolute Gasteiger partial charge is 0.388 e. The molecule has 1 atom stereocenters. The number of nitrogens with one attached hydrogen (secondary N) is 1. The summed E-state index contributed by atoms with van der Waals surface area (Å²) in [5, 5.41) is 12.7. The Bertz CT molecular complexity index is 217. The second-order valence-corrected chi connectivity index (χ2v) is 4.62. The predicted octanol–water partition coefficient (Wildman–Crippen LogP) is 0.674. The molecule has 0 spiro atoms. The Morgan fingerprint density at radius 2 is 2.08 bits per heavy atom. The van der Waals surface area contributed by atoms with E-state index in [1.165, 1.54) is 0 Å². The maximum atomic E-state index is 11.3. The molecule has 0 aliphatic heterocycles. The molecule has 2 fully saturated rings. The van der Waals surface area contributed by atoms with Crippen molar-refractivity contribution >= 4 is 5.91 Å². The lowest BCUT2D eigenvalue weighted by Crippen LogP contribution is -2.42. The van der Waals surface area contributed by atoms with Gasteiger partial charge < -0.3 is 10.4 Å². The van der Waals surface area contributed by atoms with E-state index in [1.54, 1.807) is 0 Å². The topological polar surface area (TPSA) is 49.3 Å². The zero-order chi connectivity index (χ0) is 9.47. The number of amides is 1. The summed E-state index contributed by atoms with van der Waals surface area (Å²) < 4.78 is 0. The van der Waals surface area contributed by atoms with E-state index in [1.807, 2.05) is 6.92 Å². The Balaban J connectivity index is 1.73. The minimum atomic E-state index is -0.676. The molecule has 0 saturated heterocycles. The Labute approximate surface area is 78.5 Å². The zero-order valence-corrected chi connectivity index (χ0v) is 8.05. The minimum Gasteiger partial charge on any atom is -0.388 e. The van der Waals surface area contributed by atoms with Gasteiger partial charge in [-0.2, -0.15) is 0 Å². The summed E-state index contributed by atoms with van der Waals surface area (Å²) in [4.78, 5) is 11.3. The summed E-state index contributed by atoms with van der Waals surface area (Å²) in [6, 6.07) is 0. The highest BCUT2D eigenvalue weighted by molar-refractivity contribution is 5.80. The van der Waals surface area contributed by atoms with Crippen LogP contribution in [0.5, 0.6) is 0 Å². The molecule has 2 N–H and O–H groups in total. The van der Waals surface area contributed by atoms with Crippen molar-refractivity contribution in [2.24, 2.45) is 11.8 Å². The van der Waals surface area contributed by atoms with Crippen molar-refractivity contribution in [2.75, 3.05) is 6.54 Å². The van der Waals surface area contributed by atoms with Crippen molar-refractivity contribution in [3.63, 3.8) is 0 Å². The molecule has 3 heteroatoms. The van der Waals surface area contributed by atoms with Crippen LogP contribution in [0.3, 0.4) is 0 Å². The van der Waals surface area contributed by atoms with Crippen LogP contribution in [-0.4, -0.2) is 23.2 Å². The Kier molecular flexibility index (Phi) is 2.06. The van der Waals surface area contributed by atoms with Crippen molar-refractivity contribution in [3.8, 4) is 0 Å². The second-order valence-electron chi connectivity index (χ2n) is 4.62. The molecule has 0 aromatic rings. The third-order valence-corrected chi connectivity index (χ3v) is 3.03. The van der Waals surface area contributed by atoms with Gasteiger partial charge in [-0.25, -0.2) is 0 Å². The highest BCUT2D eigenvalue weighted by atomic mass is 16.3. The van der Waals surface area contributed by atoms with Crippen molar-refractivity contribution < 1.29 is 9.90 Å². The lowest BCUT2D eigenvalue weighted by molar-refractivity contribution is -0.123. The van der Waals surface area contributed by atoms with Crippen molar-refractivity contribution in [1.82, 2.24) is 5.32 Å². The van der Waals surface area contributed by atoms with Gasteiger partial charge in [-0.05, 0) is 38.5 Å². The monoisotopic (exact) mass is 183 g/mol. The molecule has 0 bridgehead atoms. The smallest absolute Gasteiger partial charge is 0.223 e. The zero-order valence-electron chi connectivity index (χ0n) is 8.05. The van der Waals surface area contributed by atoms with Gasteiger partial charge in [-0.15, -0.1) is 0 Å². The van der Waals surface area contributed by atoms with Gasteiger partial charge in [0, 0.05) is 12.5 Å². The number of aliphatic hydroxyl groups is 1. The first-order chi connectivity index (χ1) is 6.09. The van der Waals surface area contributed by atoms with E-state index in [2.05, 4.69) is 5.32 Å². The summed E-state index contributed by atoms with van der Waals surface area (Å²) in [6.45, 7) is 2.24. The first-order valence-corrected chi connectivity index (χ1v) is 5.10. The van der Waals surface area contributed by atoms with E-state index in [4.69, 9.17) is 0 Å². The molecular weight excluding hydrogens is 166 g/mol. The highest BCUT2D eigenvalue weighted by Gasteiger charge is 2.40. The van der Waals surface area contributed by atoms with Crippen LogP contribution in [0.1, 0.15) is 32.6 Å². The molecule has 0 aromatic carbocycles. The maximum Gasteiger partial charge on any atom is 0.223 e. The molecule has 2 rings (SSSR count). The average molecular weight is 183 g/mol. The van der Waals surface area contributed by atoms with Crippen molar-refractivity contribution in [3.05, 3.63) is 0 Å². The van der Waals surface area contributed by atoms with Gasteiger partial charge in [-0.1, -0.05) is 0 Å². The van der Waals surface area contributed by atoms with Crippen LogP contribution in [-0.2, 0) is 4.79 Å². The van der Waals surface area contributed by atoms with E-state index in [0.717, 1.165) is 25.7 Å². The number of hydrogen-bond donors (Lipinski definition) is 2. The van der Waals surface area contributed by atoms with Gasteiger partial charge in [0.15, 0.2) is 0 Å². The normalized spacial score (nSPS) is 26.6. The van der Waals surface area contributed by atoms with Gasteiger partial charge >= 0.3 is 0 Å². The molecule has 0 unspecified atom stereocenters. The molecule has 74 valence electrons. The maximum absolute atomic E-state index is 11.3. The fraction of sp³-hybridized carbons (Fsp3) is 0.900. The molecule has 0 heterocycles. The van der Waals surface area contributed by atoms with E-state index in [0.29, 0.717) is 12.5 Å². The van der Waals surface area contributed by atoms with E-state index >= 15 is 0 Å². The highest BCUT2D eigenvalue weighted by Crippen LogP contribution is 2.39. The molecule has 13 heavy (non-hydrogen) atoms. The lowest BCUT2D eigenvalue weighted by atomic mass is 10.0. The second kappa shape index (κ2) is 2.98. The van der Waals surface area contributed by atoms with Crippen LogP contribution in [0.2, 0.25) is 0 Å². The predicted molar refractivity (Wildman–Crippen MR) is 49.1 cm³/mol. The SMILES string of the molecule is C[C@](O)(CNC(=O)C1CC1)C1CC1. The molecule has 3 nitrogen and oxygen atoms in total. The molecule has 2 aliphatic rings. The van der Waals surface area contributed by atoms with Crippen LogP contribution in [0.15, 0.2) is 0 Å². The van der Waals surface area contributed by atoms with Crippen LogP contribution < -0.4 is 5.32 Å². The van der Waals surface area contributed by atoms with Crippen LogP contribution in [0.25, 0.3) is 0 Å².